The molecule has 0 unspecified atom stereocenters. The van der Waals surface area contributed by atoms with Gasteiger partial charge in [-0.1, -0.05) is 19.8 Å². The number of thiazole rings is 1. The van der Waals surface area contributed by atoms with Gasteiger partial charge in [-0.3, -0.25) is 0 Å². The Labute approximate surface area is 108 Å². The Balaban J connectivity index is 1.89. The fourth-order valence-electron chi connectivity index (χ4n) is 2.85. The van der Waals surface area contributed by atoms with Gasteiger partial charge in [0.2, 0.25) is 0 Å². The lowest BCUT2D eigenvalue weighted by atomic mass is 9.76. The molecule has 0 radical (unpaired) electrons. The van der Waals surface area contributed by atoms with E-state index in [-0.39, 0.29) is 0 Å². The van der Waals surface area contributed by atoms with E-state index in [1.54, 1.807) is 11.3 Å². The van der Waals surface area contributed by atoms with Crippen molar-refractivity contribution in [1.29, 1.82) is 0 Å². The SMILES string of the molecule is CCCC1CCC(O)(Cc2nc(C)cs2)CC1. The highest BCUT2D eigenvalue weighted by atomic mass is 32.1. The summed E-state index contributed by atoms with van der Waals surface area (Å²) in [5.74, 6) is 0.846. The van der Waals surface area contributed by atoms with Crippen molar-refractivity contribution in [3.63, 3.8) is 0 Å². The van der Waals surface area contributed by atoms with E-state index in [0.717, 1.165) is 35.9 Å². The molecule has 0 spiro atoms. The Kier molecular flexibility index (Phi) is 4.21. The van der Waals surface area contributed by atoms with Gasteiger partial charge in [-0.25, -0.2) is 4.98 Å². The fraction of sp³-hybridized carbons (Fsp3) is 0.786. The monoisotopic (exact) mass is 253 g/mol. The molecule has 1 N–H and O–H groups in total. The highest BCUT2D eigenvalue weighted by Crippen LogP contribution is 2.36. The molecule has 0 amide bonds. The van der Waals surface area contributed by atoms with Gasteiger partial charge in [0.25, 0.3) is 0 Å². The molecule has 0 atom stereocenters. The molecule has 1 fully saturated rings. The van der Waals surface area contributed by atoms with Crippen LogP contribution in [0.25, 0.3) is 0 Å². The van der Waals surface area contributed by atoms with Gasteiger partial charge < -0.3 is 5.11 Å². The van der Waals surface area contributed by atoms with Crippen molar-refractivity contribution < 1.29 is 5.11 Å². The van der Waals surface area contributed by atoms with Crippen molar-refractivity contribution in [1.82, 2.24) is 4.98 Å². The zero-order valence-corrected chi connectivity index (χ0v) is 11.7. The molecule has 1 heterocycles. The van der Waals surface area contributed by atoms with Crippen molar-refractivity contribution in [3.05, 3.63) is 16.1 Å². The predicted octanol–water partition coefficient (Wildman–Crippen LogP) is 3.72. The first-order valence-electron chi connectivity index (χ1n) is 6.75. The first-order valence-corrected chi connectivity index (χ1v) is 7.63. The van der Waals surface area contributed by atoms with Gasteiger partial charge in [-0.15, -0.1) is 11.3 Å². The molecular formula is C14H23NOS. The van der Waals surface area contributed by atoms with Crippen LogP contribution in [0, 0.1) is 12.8 Å². The molecule has 0 saturated heterocycles. The number of rotatable bonds is 4. The maximum Gasteiger partial charge on any atom is 0.0956 e. The van der Waals surface area contributed by atoms with E-state index in [4.69, 9.17) is 0 Å². The van der Waals surface area contributed by atoms with Gasteiger partial charge in [0.1, 0.15) is 0 Å². The number of hydrogen-bond acceptors (Lipinski definition) is 3. The maximum atomic E-state index is 10.6. The van der Waals surface area contributed by atoms with Crippen LogP contribution in [0.1, 0.15) is 56.2 Å². The van der Waals surface area contributed by atoms with Crippen LogP contribution in [0.15, 0.2) is 5.38 Å². The second-order valence-electron chi connectivity index (χ2n) is 5.52. The summed E-state index contributed by atoms with van der Waals surface area (Å²) < 4.78 is 0. The third kappa shape index (κ3) is 3.52. The van der Waals surface area contributed by atoms with E-state index in [2.05, 4.69) is 17.3 Å². The Morgan fingerprint density at radius 2 is 2.18 bits per heavy atom. The van der Waals surface area contributed by atoms with Gasteiger partial charge in [0, 0.05) is 17.5 Å². The number of nitrogens with zero attached hydrogens (tertiary/aromatic N) is 1. The van der Waals surface area contributed by atoms with Gasteiger partial charge in [0.15, 0.2) is 0 Å². The topological polar surface area (TPSA) is 33.1 Å². The number of aliphatic hydroxyl groups is 1. The average Bonchev–Trinajstić information content (AvgIpc) is 2.68. The Bertz CT molecular complexity index is 353. The maximum absolute atomic E-state index is 10.6. The van der Waals surface area contributed by atoms with Crippen molar-refractivity contribution >= 4 is 11.3 Å². The highest BCUT2D eigenvalue weighted by Gasteiger charge is 2.33. The number of aryl methyl sites for hydroxylation is 1. The first-order chi connectivity index (χ1) is 8.11. The fourth-order valence-corrected chi connectivity index (χ4v) is 3.76. The van der Waals surface area contributed by atoms with Crippen LogP contribution in [-0.4, -0.2) is 15.7 Å². The molecule has 1 aliphatic carbocycles. The number of hydrogen-bond donors (Lipinski definition) is 1. The summed E-state index contributed by atoms with van der Waals surface area (Å²) in [6.07, 6.45) is 7.64. The summed E-state index contributed by atoms with van der Waals surface area (Å²) in [7, 11) is 0. The van der Waals surface area contributed by atoms with E-state index in [9.17, 15) is 5.11 Å². The molecule has 1 aliphatic rings. The van der Waals surface area contributed by atoms with Crippen LogP contribution in [0.2, 0.25) is 0 Å². The van der Waals surface area contributed by atoms with Crippen LogP contribution in [0.4, 0.5) is 0 Å². The summed E-state index contributed by atoms with van der Waals surface area (Å²) in [6.45, 7) is 4.27. The minimum absolute atomic E-state index is 0.478. The van der Waals surface area contributed by atoms with Gasteiger partial charge >= 0.3 is 0 Å². The van der Waals surface area contributed by atoms with Crippen LogP contribution in [-0.2, 0) is 6.42 Å². The molecule has 17 heavy (non-hydrogen) atoms. The lowest BCUT2D eigenvalue weighted by Crippen LogP contribution is -2.36. The average molecular weight is 253 g/mol. The second kappa shape index (κ2) is 5.49. The molecule has 2 rings (SSSR count). The van der Waals surface area contributed by atoms with E-state index in [0.29, 0.717) is 0 Å². The molecule has 0 aromatic carbocycles. The third-order valence-corrected chi connectivity index (χ3v) is 4.85. The minimum atomic E-state index is -0.478. The summed E-state index contributed by atoms with van der Waals surface area (Å²) in [5, 5.41) is 13.8. The van der Waals surface area contributed by atoms with Gasteiger partial charge in [-0.05, 0) is 38.5 Å². The van der Waals surface area contributed by atoms with Crippen LogP contribution >= 0.6 is 11.3 Å². The van der Waals surface area contributed by atoms with Crippen molar-refractivity contribution in [3.8, 4) is 0 Å². The summed E-state index contributed by atoms with van der Waals surface area (Å²) >= 11 is 1.68. The lowest BCUT2D eigenvalue weighted by molar-refractivity contribution is -0.00991. The van der Waals surface area contributed by atoms with Crippen LogP contribution < -0.4 is 0 Å². The van der Waals surface area contributed by atoms with Crippen LogP contribution in [0.3, 0.4) is 0 Å². The molecule has 0 bridgehead atoms. The Morgan fingerprint density at radius 3 is 2.71 bits per heavy atom. The van der Waals surface area contributed by atoms with E-state index in [1.165, 1.54) is 25.7 Å². The standard InChI is InChI=1S/C14H23NOS/c1-3-4-12-5-7-14(16,8-6-12)9-13-15-11(2)10-17-13/h10,12,16H,3-9H2,1-2H3. The Morgan fingerprint density at radius 1 is 1.47 bits per heavy atom. The van der Waals surface area contributed by atoms with E-state index < -0.39 is 5.60 Å². The quantitative estimate of drug-likeness (QED) is 0.887. The lowest BCUT2D eigenvalue weighted by Gasteiger charge is -2.35. The molecular weight excluding hydrogens is 230 g/mol. The molecule has 0 aliphatic heterocycles. The summed E-state index contributed by atoms with van der Waals surface area (Å²) in [5.41, 5.74) is 0.599. The highest BCUT2D eigenvalue weighted by molar-refractivity contribution is 7.09. The first kappa shape index (κ1) is 13.0. The zero-order valence-electron chi connectivity index (χ0n) is 10.9. The smallest absolute Gasteiger partial charge is 0.0956 e. The van der Waals surface area contributed by atoms with Crippen molar-refractivity contribution in [2.24, 2.45) is 5.92 Å². The molecule has 1 aromatic heterocycles. The molecule has 2 nitrogen and oxygen atoms in total. The van der Waals surface area contributed by atoms with Gasteiger partial charge in [-0.2, -0.15) is 0 Å². The van der Waals surface area contributed by atoms with Crippen molar-refractivity contribution in [2.45, 2.75) is 64.4 Å². The van der Waals surface area contributed by atoms with E-state index in [1.807, 2.05) is 6.92 Å². The summed E-state index contributed by atoms with van der Waals surface area (Å²) in [4.78, 5) is 4.46. The van der Waals surface area contributed by atoms with Crippen molar-refractivity contribution in [2.75, 3.05) is 0 Å². The minimum Gasteiger partial charge on any atom is -0.389 e. The second-order valence-corrected chi connectivity index (χ2v) is 6.46. The largest absolute Gasteiger partial charge is 0.389 e. The molecule has 3 heteroatoms. The molecule has 96 valence electrons. The predicted molar refractivity (Wildman–Crippen MR) is 72.4 cm³/mol. The molecule has 1 aromatic rings. The third-order valence-electron chi connectivity index (χ3n) is 3.88. The van der Waals surface area contributed by atoms with Gasteiger partial charge in [0.05, 0.1) is 10.6 Å². The Hall–Kier alpha value is -0.410. The normalized spacial score (nSPS) is 29.5. The molecule has 1 saturated carbocycles. The zero-order chi connectivity index (χ0) is 12.3. The van der Waals surface area contributed by atoms with Crippen LogP contribution in [0.5, 0.6) is 0 Å². The van der Waals surface area contributed by atoms with E-state index >= 15 is 0 Å². The summed E-state index contributed by atoms with van der Waals surface area (Å²) in [6, 6.07) is 0. The number of aromatic nitrogens is 1.